The summed E-state index contributed by atoms with van der Waals surface area (Å²) < 4.78 is 5.65. The molecular weight excluding hydrogens is 196 g/mol. The van der Waals surface area contributed by atoms with Crippen LogP contribution >= 0.6 is 0 Å². The Bertz CT molecular complexity index is 432. The molecular formula is C15H20O. The minimum absolute atomic E-state index is 0.968. The quantitative estimate of drug-likeness (QED) is 0.587. The van der Waals surface area contributed by atoms with Gasteiger partial charge in [0, 0.05) is 12.0 Å². The van der Waals surface area contributed by atoms with Crippen LogP contribution in [0.15, 0.2) is 34.0 Å². The highest BCUT2D eigenvalue weighted by Gasteiger charge is 2.11. The van der Waals surface area contributed by atoms with Crippen molar-refractivity contribution in [2.45, 2.75) is 46.5 Å². The fourth-order valence-electron chi connectivity index (χ4n) is 2.19. The van der Waals surface area contributed by atoms with Crippen LogP contribution in [0.5, 0.6) is 0 Å². The van der Waals surface area contributed by atoms with Crippen LogP contribution in [0, 0.1) is 6.92 Å². The number of fused-ring (bicyclic) bond motifs is 1. The van der Waals surface area contributed by atoms with Gasteiger partial charge in [0.2, 0.25) is 0 Å². The molecule has 0 atom stereocenters. The maximum atomic E-state index is 5.65. The van der Waals surface area contributed by atoms with Crippen LogP contribution in [0.4, 0.5) is 0 Å². The van der Waals surface area contributed by atoms with Crippen molar-refractivity contribution in [2.24, 2.45) is 0 Å². The summed E-state index contributed by atoms with van der Waals surface area (Å²) in [4.78, 5) is 0. The predicted octanol–water partition coefficient (Wildman–Crippen LogP) is 4.36. The lowest BCUT2D eigenvalue weighted by Gasteiger charge is -2.07. The molecule has 0 aromatic carbocycles. The molecule has 2 rings (SSSR count). The molecule has 86 valence electrons. The number of rotatable bonds is 0. The number of hydrogen-bond acceptors (Lipinski definition) is 1. The number of aryl methyl sites for hydroxylation is 1. The zero-order valence-electron chi connectivity index (χ0n) is 10.5. The first-order chi connectivity index (χ1) is 7.66. The summed E-state index contributed by atoms with van der Waals surface area (Å²) >= 11 is 0. The molecule has 0 N–H and O–H groups in total. The van der Waals surface area contributed by atoms with Crippen molar-refractivity contribution >= 4 is 0 Å². The summed E-state index contributed by atoms with van der Waals surface area (Å²) in [5.74, 6) is 1.15. The Balaban J connectivity index is 2.36. The molecule has 0 bridgehead atoms. The molecule has 0 saturated carbocycles. The van der Waals surface area contributed by atoms with E-state index < -0.39 is 0 Å². The molecule has 1 heterocycles. The second-order valence-electron chi connectivity index (χ2n) is 4.84. The number of furan rings is 1. The SMILES string of the molecule is C/C1=C/CC/C(C)=C/Cc2c(C)coc2C1. The van der Waals surface area contributed by atoms with Crippen LogP contribution in [-0.2, 0) is 12.8 Å². The topological polar surface area (TPSA) is 13.1 Å². The van der Waals surface area contributed by atoms with Crippen LogP contribution in [-0.4, -0.2) is 0 Å². The van der Waals surface area contributed by atoms with E-state index in [1.807, 2.05) is 6.26 Å². The van der Waals surface area contributed by atoms with Crippen LogP contribution in [0.3, 0.4) is 0 Å². The minimum atomic E-state index is 0.968. The first-order valence-electron chi connectivity index (χ1n) is 6.04. The van der Waals surface area contributed by atoms with Crippen LogP contribution in [0.1, 0.15) is 43.6 Å². The predicted molar refractivity (Wildman–Crippen MR) is 67.6 cm³/mol. The summed E-state index contributed by atoms with van der Waals surface area (Å²) in [7, 11) is 0. The maximum absolute atomic E-state index is 5.65. The van der Waals surface area contributed by atoms with Gasteiger partial charge >= 0.3 is 0 Å². The van der Waals surface area contributed by atoms with Crippen molar-refractivity contribution < 1.29 is 4.42 Å². The van der Waals surface area contributed by atoms with E-state index in [4.69, 9.17) is 4.42 Å². The summed E-state index contributed by atoms with van der Waals surface area (Å²) in [6.07, 6.45) is 10.9. The summed E-state index contributed by atoms with van der Waals surface area (Å²) in [5, 5.41) is 0. The Hall–Kier alpha value is -1.24. The molecule has 0 unspecified atom stereocenters. The second kappa shape index (κ2) is 4.73. The molecule has 0 saturated heterocycles. The molecule has 0 fully saturated rings. The molecule has 0 radical (unpaired) electrons. The molecule has 1 aliphatic carbocycles. The molecule has 1 heteroatoms. The zero-order valence-corrected chi connectivity index (χ0v) is 10.5. The molecule has 16 heavy (non-hydrogen) atoms. The van der Waals surface area contributed by atoms with Crippen molar-refractivity contribution in [3.8, 4) is 0 Å². The zero-order chi connectivity index (χ0) is 11.5. The first-order valence-corrected chi connectivity index (χ1v) is 6.04. The van der Waals surface area contributed by atoms with Crippen molar-refractivity contribution in [2.75, 3.05) is 0 Å². The lowest BCUT2D eigenvalue weighted by atomic mass is 9.98. The molecule has 1 aliphatic rings. The first kappa shape index (κ1) is 11.3. The van der Waals surface area contributed by atoms with E-state index >= 15 is 0 Å². The van der Waals surface area contributed by atoms with Gasteiger partial charge in [0.25, 0.3) is 0 Å². The Morgan fingerprint density at radius 3 is 2.69 bits per heavy atom. The van der Waals surface area contributed by atoms with E-state index in [-0.39, 0.29) is 0 Å². The van der Waals surface area contributed by atoms with Crippen LogP contribution in [0.2, 0.25) is 0 Å². The van der Waals surface area contributed by atoms with E-state index in [0.29, 0.717) is 0 Å². The van der Waals surface area contributed by atoms with Gasteiger partial charge in [-0.2, -0.15) is 0 Å². The molecule has 0 aliphatic heterocycles. The molecule has 1 aromatic heterocycles. The third kappa shape index (κ3) is 2.46. The van der Waals surface area contributed by atoms with E-state index in [2.05, 4.69) is 32.9 Å². The van der Waals surface area contributed by atoms with Gasteiger partial charge in [-0.3, -0.25) is 0 Å². The Kier molecular flexibility index (Phi) is 3.33. The molecule has 1 nitrogen and oxygen atoms in total. The summed E-state index contributed by atoms with van der Waals surface area (Å²) in [6.45, 7) is 6.55. The average molecular weight is 216 g/mol. The van der Waals surface area contributed by atoms with Gasteiger partial charge in [0.15, 0.2) is 0 Å². The smallest absolute Gasteiger partial charge is 0.111 e. The fourth-order valence-corrected chi connectivity index (χ4v) is 2.19. The second-order valence-corrected chi connectivity index (χ2v) is 4.84. The van der Waals surface area contributed by atoms with E-state index in [1.165, 1.54) is 28.7 Å². The lowest BCUT2D eigenvalue weighted by molar-refractivity contribution is 0.514. The van der Waals surface area contributed by atoms with Crippen LogP contribution < -0.4 is 0 Å². The molecule has 0 amide bonds. The molecule has 1 aromatic rings. The van der Waals surface area contributed by atoms with E-state index in [9.17, 15) is 0 Å². The van der Waals surface area contributed by atoms with Gasteiger partial charge in [-0.15, -0.1) is 0 Å². The monoisotopic (exact) mass is 216 g/mol. The fraction of sp³-hybridized carbons (Fsp3) is 0.467. The normalized spacial score (nSPS) is 23.9. The van der Waals surface area contributed by atoms with Gasteiger partial charge in [0.1, 0.15) is 5.76 Å². The lowest BCUT2D eigenvalue weighted by Crippen LogP contribution is -1.95. The van der Waals surface area contributed by atoms with Crippen molar-refractivity contribution in [3.05, 3.63) is 46.4 Å². The Morgan fingerprint density at radius 2 is 1.88 bits per heavy atom. The van der Waals surface area contributed by atoms with Gasteiger partial charge in [-0.05, 0) is 45.6 Å². The summed E-state index contributed by atoms with van der Waals surface area (Å²) in [6, 6.07) is 0. The third-order valence-corrected chi connectivity index (χ3v) is 3.32. The highest BCUT2D eigenvalue weighted by molar-refractivity contribution is 5.32. The van der Waals surface area contributed by atoms with Gasteiger partial charge < -0.3 is 4.42 Å². The van der Waals surface area contributed by atoms with E-state index in [1.54, 1.807) is 0 Å². The largest absolute Gasteiger partial charge is 0.468 e. The average Bonchev–Trinajstić information content (AvgIpc) is 2.57. The van der Waals surface area contributed by atoms with Crippen molar-refractivity contribution in [1.82, 2.24) is 0 Å². The highest BCUT2D eigenvalue weighted by atomic mass is 16.3. The van der Waals surface area contributed by atoms with Crippen LogP contribution in [0.25, 0.3) is 0 Å². The standard InChI is InChI=1S/C15H20O/c1-11-5-4-6-12(2)9-15-14(8-7-11)13(3)10-16-15/h6-7,10H,4-5,8-9H2,1-3H3/b11-7+,12-6-. The Morgan fingerprint density at radius 1 is 1.06 bits per heavy atom. The molecule has 0 spiro atoms. The van der Waals surface area contributed by atoms with Gasteiger partial charge in [-0.1, -0.05) is 23.3 Å². The van der Waals surface area contributed by atoms with Crippen molar-refractivity contribution in [1.29, 1.82) is 0 Å². The summed E-state index contributed by atoms with van der Waals surface area (Å²) in [5.41, 5.74) is 5.57. The number of hydrogen-bond donors (Lipinski definition) is 0. The minimum Gasteiger partial charge on any atom is -0.468 e. The highest BCUT2D eigenvalue weighted by Crippen LogP contribution is 2.23. The van der Waals surface area contributed by atoms with E-state index in [0.717, 1.165) is 25.0 Å². The van der Waals surface area contributed by atoms with Gasteiger partial charge in [0.05, 0.1) is 6.26 Å². The Labute approximate surface area is 97.9 Å². The number of allylic oxidation sites excluding steroid dienone is 4. The van der Waals surface area contributed by atoms with Gasteiger partial charge in [-0.25, -0.2) is 0 Å². The van der Waals surface area contributed by atoms with Crippen molar-refractivity contribution in [3.63, 3.8) is 0 Å². The third-order valence-electron chi connectivity index (χ3n) is 3.32. The maximum Gasteiger partial charge on any atom is 0.111 e.